The van der Waals surface area contributed by atoms with Crippen LogP contribution < -0.4 is 10.6 Å². The van der Waals surface area contributed by atoms with E-state index in [9.17, 15) is 9.59 Å². The van der Waals surface area contributed by atoms with E-state index in [0.29, 0.717) is 17.8 Å². The Morgan fingerprint density at radius 3 is 2.71 bits per heavy atom. The van der Waals surface area contributed by atoms with Crippen molar-refractivity contribution in [1.82, 2.24) is 15.1 Å². The van der Waals surface area contributed by atoms with Gasteiger partial charge in [-0.25, -0.2) is 9.59 Å². The van der Waals surface area contributed by atoms with Crippen molar-refractivity contribution in [2.24, 2.45) is 7.05 Å². The van der Waals surface area contributed by atoms with Gasteiger partial charge in [-0.05, 0) is 30.7 Å². The molecule has 1 aromatic carbocycles. The first-order valence-electron chi connectivity index (χ1n) is 6.33. The number of benzene rings is 1. The minimum Gasteiger partial charge on any atom is -0.478 e. The second kappa shape index (κ2) is 6.08. The van der Waals surface area contributed by atoms with Gasteiger partial charge in [0.25, 0.3) is 0 Å². The maximum absolute atomic E-state index is 11.8. The largest absolute Gasteiger partial charge is 0.478 e. The number of hydrogen-bond donors (Lipinski definition) is 3. The molecule has 21 heavy (non-hydrogen) atoms. The summed E-state index contributed by atoms with van der Waals surface area (Å²) in [7, 11) is 1.80. The molecule has 1 aromatic heterocycles. The third-order valence-corrected chi connectivity index (χ3v) is 3.01. The minimum absolute atomic E-state index is 0.164. The van der Waals surface area contributed by atoms with Gasteiger partial charge in [0.15, 0.2) is 0 Å². The summed E-state index contributed by atoms with van der Waals surface area (Å²) in [6, 6.07) is 6.13. The highest BCUT2D eigenvalue weighted by molar-refractivity contribution is 5.95. The van der Waals surface area contributed by atoms with Crippen molar-refractivity contribution in [2.45, 2.75) is 13.5 Å². The number of anilines is 1. The summed E-state index contributed by atoms with van der Waals surface area (Å²) < 4.78 is 1.65. The van der Waals surface area contributed by atoms with Gasteiger partial charge in [-0.2, -0.15) is 5.10 Å². The van der Waals surface area contributed by atoms with E-state index < -0.39 is 12.0 Å². The van der Waals surface area contributed by atoms with E-state index >= 15 is 0 Å². The van der Waals surface area contributed by atoms with Crippen LogP contribution in [0.2, 0.25) is 0 Å². The molecule has 0 aliphatic heterocycles. The van der Waals surface area contributed by atoms with E-state index in [1.807, 2.05) is 0 Å². The summed E-state index contributed by atoms with van der Waals surface area (Å²) in [6.45, 7) is 1.95. The number of aromatic nitrogens is 2. The summed E-state index contributed by atoms with van der Waals surface area (Å²) in [6.07, 6.45) is 1.79. The topological polar surface area (TPSA) is 96.3 Å². The molecule has 0 spiro atoms. The van der Waals surface area contributed by atoms with E-state index in [4.69, 9.17) is 5.11 Å². The lowest BCUT2D eigenvalue weighted by molar-refractivity contribution is 0.0696. The van der Waals surface area contributed by atoms with Crippen LogP contribution in [-0.4, -0.2) is 26.9 Å². The molecule has 0 saturated carbocycles. The highest BCUT2D eigenvalue weighted by atomic mass is 16.4. The van der Waals surface area contributed by atoms with E-state index in [-0.39, 0.29) is 5.56 Å². The van der Waals surface area contributed by atoms with Gasteiger partial charge in [-0.15, -0.1) is 0 Å². The standard InChI is InChI=1S/C14H16N4O3/c1-9-11(13(19)20)4-3-5-12(9)16-14(21)15-8-10-6-7-18(2)17-10/h3-7H,8H2,1-2H3,(H,19,20)(H2,15,16,21). The number of aromatic carboxylic acids is 1. The number of carbonyl (C=O) groups is 2. The fraction of sp³-hybridized carbons (Fsp3) is 0.214. The zero-order valence-corrected chi connectivity index (χ0v) is 11.8. The number of aryl methyl sites for hydroxylation is 1. The van der Waals surface area contributed by atoms with Gasteiger partial charge in [0.1, 0.15) is 0 Å². The van der Waals surface area contributed by atoms with Crippen LogP contribution in [0.4, 0.5) is 10.5 Å². The average Bonchev–Trinajstić information content (AvgIpc) is 2.84. The molecule has 0 fully saturated rings. The molecule has 0 radical (unpaired) electrons. The van der Waals surface area contributed by atoms with Gasteiger partial charge in [-0.1, -0.05) is 6.07 Å². The molecular formula is C14H16N4O3. The average molecular weight is 288 g/mol. The molecule has 2 rings (SSSR count). The third-order valence-electron chi connectivity index (χ3n) is 3.01. The van der Waals surface area contributed by atoms with E-state index in [0.717, 1.165) is 5.69 Å². The molecule has 7 nitrogen and oxygen atoms in total. The van der Waals surface area contributed by atoms with Gasteiger partial charge in [0.2, 0.25) is 0 Å². The highest BCUT2D eigenvalue weighted by Gasteiger charge is 2.11. The predicted octanol–water partition coefficient (Wildman–Crippen LogP) is 1.75. The number of urea groups is 1. The number of carbonyl (C=O) groups excluding carboxylic acids is 1. The van der Waals surface area contributed by atoms with Crippen molar-refractivity contribution >= 4 is 17.7 Å². The Morgan fingerprint density at radius 2 is 2.10 bits per heavy atom. The quantitative estimate of drug-likeness (QED) is 0.798. The van der Waals surface area contributed by atoms with Crippen molar-refractivity contribution < 1.29 is 14.7 Å². The molecule has 1 heterocycles. The Bertz CT molecular complexity index is 679. The predicted molar refractivity (Wildman–Crippen MR) is 77.2 cm³/mol. The second-order valence-corrected chi connectivity index (χ2v) is 4.57. The van der Waals surface area contributed by atoms with Crippen LogP contribution in [0.5, 0.6) is 0 Å². The van der Waals surface area contributed by atoms with E-state index in [2.05, 4.69) is 15.7 Å². The third kappa shape index (κ3) is 3.59. The van der Waals surface area contributed by atoms with Gasteiger partial charge in [0.05, 0.1) is 17.8 Å². The van der Waals surface area contributed by atoms with Crippen molar-refractivity contribution in [3.05, 3.63) is 47.3 Å². The van der Waals surface area contributed by atoms with Gasteiger partial charge >= 0.3 is 12.0 Å². The Morgan fingerprint density at radius 1 is 1.33 bits per heavy atom. The normalized spacial score (nSPS) is 10.2. The molecule has 0 aliphatic carbocycles. The van der Waals surface area contributed by atoms with Crippen molar-refractivity contribution in [1.29, 1.82) is 0 Å². The monoisotopic (exact) mass is 288 g/mol. The Hall–Kier alpha value is -2.83. The minimum atomic E-state index is -1.02. The van der Waals surface area contributed by atoms with Crippen molar-refractivity contribution in [2.75, 3.05) is 5.32 Å². The van der Waals surface area contributed by atoms with Crippen LogP contribution in [-0.2, 0) is 13.6 Å². The molecule has 0 unspecified atom stereocenters. The Labute approximate surface area is 121 Å². The summed E-state index contributed by atoms with van der Waals surface area (Å²) in [5.41, 5.74) is 1.88. The first-order chi connectivity index (χ1) is 9.97. The summed E-state index contributed by atoms with van der Waals surface area (Å²) in [5.74, 6) is -1.02. The number of rotatable bonds is 4. The van der Waals surface area contributed by atoms with Crippen molar-refractivity contribution in [3.63, 3.8) is 0 Å². The summed E-state index contributed by atoms with van der Waals surface area (Å²) in [4.78, 5) is 22.9. The van der Waals surface area contributed by atoms with Crippen molar-refractivity contribution in [3.8, 4) is 0 Å². The lowest BCUT2D eigenvalue weighted by atomic mass is 10.1. The molecule has 0 atom stereocenters. The lowest BCUT2D eigenvalue weighted by Gasteiger charge is -2.11. The number of amides is 2. The maximum Gasteiger partial charge on any atom is 0.336 e. The number of hydrogen-bond acceptors (Lipinski definition) is 3. The number of nitrogens with zero attached hydrogens (tertiary/aromatic N) is 2. The molecule has 0 aliphatic rings. The van der Waals surface area contributed by atoms with Crippen LogP contribution in [0.3, 0.4) is 0 Å². The summed E-state index contributed by atoms with van der Waals surface area (Å²) in [5, 5.41) is 18.5. The van der Waals surface area contributed by atoms with Gasteiger partial charge in [-0.3, -0.25) is 4.68 Å². The molecule has 0 bridgehead atoms. The van der Waals surface area contributed by atoms with Gasteiger partial charge in [0, 0.05) is 18.9 Å². The highest BCUT2D eigenvalue weighted by Crippen LogP contribution is 2.18. The molecular weight excluding hydrogens is 272 g/mol. The van der Waals surface area contributed by atoms with Crippen LogP contribution in [0.15, 0.2) is 30.5 Å². The number of nitrogens with one attached hydrogen (secondary N) is 2. The van der Waals surface area contributed by atoms with Crippen LogP contribution in [0.25, 0.3) is 0 Å². The lowest BCUT2D eigenvalue weighted by Crippen LogP contribution is -2.28. The number of carboxylic acids is 1. The molecule has 2 aromatic rings. The van der Waals surface area contributed by atoms with Crippen LogP contribution in [0, 0.1) is 6.92 Å². The molecule has 110 valence electrons. The summed E-state index contributed by atoms with van der Waals surface area (Å²) >= 11 is 0. The number of carboxylic acid groups (broad SMARTS) is 1. The molecule has 7 heteroatoms. The second-order valence-electron chi connectivity index (χ2n) is 4.57. The molecule has 3 N–H and O–H groups in total. The van der Waals surface area contributed by atoms with Crippen LogP contribution in [0.1, 0.15) is 21.6 Å². The van der Waals surface area contributed by atoms with E-state index in [1.165, 1.54) is 6.07 Å². The SMILES string of the molecule is Cc1c(NC(=O)NCc2ccn(C)n2)cccc1C(=O)O. The van der Waals surface area contributed by atoms with Crippen LogP contribution >= 0.6 is 0 Å². The first-order valence-corrected chi connectivity index (χ1v) is 6.33. The zero-order valence-electron chi connectivity index (χ0n) is 11.8. The Balaban J connectivity index is 1.99. The Kier molecular flexibility index (Phi) is 4.22. The smallest absolute Gasteiger partial charge is 0.336 e. The van der Waals surface area contributed by atoms with E-state index in [1.54, 1.807) is 43.0 Å². The first kappa shape index (κ1) is 14.6. The maximum atomic E-state index is 11.8. The fourth-order valence-electron chi connectivity index (χ4n) is 1.90. The fourth-order valence-corrected chi connectivity index (χ4v) is 1.90. The zero-order chi connectivity index (χ0) is 15.4. The molecule has 2 amide bonds. The van der Waals surface area contributed by atoms with Gasteiger partial charge < -0.3 is 15.7 Å². The molecule has 0 saturated heterocycles.